The van der Waals surface area contributed by atoms with Crippen molar-refractivity contribution in [2.24, 2.45) is 0 Å². The first kappa shape index (κ1) is 4.60. The van der Waals surface area contributed by atoms with Gasteiger partial charge in [-0.3, -0.25) is 0 Å². The second kappa shape index (κ2) is 6.74. The Morgan fingerprint density at radius 3 is 3.25 bits per heavy atom. The summed E-state index contributed by atoms with van der Waals surface area (Å²) >= 11 is 0. The molecule has 0 spiro atoms. The van der Waals surface area contributed by atoms with E-state index in [0.717, 1.165) is 25.7 Å². The van der Waals surface area contributed by atoms with Gasteiger partial charge in [-0.25, -0.2) is 0 Å². The molecule has 0 rings (SSSR count). The smallest absolute Gasteiger partial charge is 0.0270 e. The van der Waals surface area contributed by atoms with E-state index in [1.54, 1.807) is 6.08 Å². The Balaban J connectivity index is 3.04. The third-order valence-corrected chi connectivity index (χ3v) is 0.992. The molecule has 0 saturated carbocycles. The summed E-state index contributed by atoms with van der Waals surface area (Å²) in [5.74, 6) is 0. The molecule has 0 heteroatoms. The van der Waals surface area contributed by atoms with Crippen LogP contribution in [0, 0.1) is 0 Å². The van der Waals surface area contributed by atoms with Gasteiger partial charge >= 0.3 is 0 Å². The van der Waals surface area contributed by atoms with Crippen LogP contribution in [0.2, 0.25) is 0 Å². The summed E-state index contributed by atoms with van der Waals surface area (Å²) in [6.45, 7) is 4.07. The Morgan fingerprint density at radius 1 is 1.75 bits per heavy atom. The predicted octanol–water partition coefficient (Wildman–Crippen LogP) is 3.14. The van der Waals surface area contributed by atoms with Gasteiger partial charge in [-0.2, -0.15) is 0 Å². The molecule has 48 valence electrons. The minimum Gasteiger partial charge on any atom is -0.103 e. The van der Waals surface area contributed by atoms with Crippen molar-refractivity contribution in [3.05, 3.63) is 12.7 Å². The molecule has 1 atom stereocenters. The summed E-state index contributed by atoms with van der Waals surface area (Å²) in [6.07, 6.45) is 5.48. The fourth-order valence-electron chi connectivity index (χ4n) is 0.524. The lowest BCUT2D eigenvalue weighted by molar-refractivity contribution is 0.675. The maximum absolute atomic E-state index is 7.42. The first-order valence-electron chi connectivity index (χ1n) is 4.42. The molecule has 0 heterocycles. The van der Waals surface area contributed by atoms with Crippen LogP contribution in [0.25, 0.3) is 0 Å². The Morgan fingerprint density at radius 2 is 2.62 bits per heavy atom. The highest BCUT2D eigenvalue weighted by Gasteiger charge is 1.81. The summed E-state index contributed by atoms with van der Waals surface area (Å²) in [5, 5.41) is 0. The van der Waals surface area contributed by atoms with Crippen molar-refractivity contribution >= 4 is 0 Å². The van der Waals surface area contributed by atoms with Crippen LogP contribution in [0.4, 0.5) is 0 Å². The molecule has 0 fully saturated rings. The summed E-state index contributed by atoms with van der Waals surface area (Å²) in [7, 11) is 0. The molecule has 0 nitrogen and oxygen atoms in total. The predicted molar refractivity (Wildman–Crippen MR) is 39.0 cm³/mol. The minimum absolute atomic E-state index is 0.0176. The Hall–Kier alpha value is -0.260. The molecule has 0 saturated heterocycles. The number of hydrogen-bond acceptors (Lipinski definition) is 0. The van der Waals surface area contributed by atoms with E-state index < -0.39 is 0 Å². The SMILES string of the molecule is [2H]CCCCC([2H])CC=C. The fourth-order valence-corrected chi connectivity index (χ4v) is 0.524. The topological polar surface area (TPSA) is 0 Å². The van der Waals surface area contributed by atoms with Crippen LogP contribution < -0.4 is 0 Å². The number of rotatable bonds is 5. The first-order valence-corrected chi connectivity index (χ1v) is 3.13. The quantitative estimate of drug-likeness (QED) is 0.380. The van der Waals surface area contributed by atoms with Gasteiger partial charge in [0.05, 0.1) is 0 Å². The molecule has 0 aromatic rings. The van der Waals surface area contributed by atoms with Crippen LogP contribution in [0.1, 0.15) is 41.7 Å². The third kappa shape index (κ3) is 5.74. The van der Waals surface area contributed by atoms with Crippen LogP contribution in [0.15, 0.2) is 12.7 Å². The van der Waals surface area contributed by atoms with Crippen molar-refractivity contribution in [1.82, 2.24) is 0 Å². The van der Waals surface area contributed by atoms with Crippen LogP contribution >= 0.6 is 0 Å². The van der Waals surface area contributed by atoms with Crippen LogP contribution in [0.5, 0.6) is 0 Å². The number of hydrogen-bond donors (Lipinski definition) is 0. The van der Waals surface area contributed by atoms with Gasteiger partial charge in [0.1, 0.15) is 0 Å². The average Bonchev–Trinajstić information content (AvgIpc) is 1.89. The lowest BCUT2D eigenvalue weighted by atomic mass is 10.2. The van der Waals surface area contributed by atoms with Crippen LogP contribution in [0.3, 0.4) is 0 Å². The zero-order valence-electron chi connectivity index (χ0n) is 7.40. The van der Waals surface area contributed by atoms with Gasteiger partial charge in [-0.1, -0.05) is 32.2 Å². The van der Waals surface area contributed by atoms with Crippen molar-refractivity contribution in [2.75, 3.05) is 0 Å². The molecule has 0 aromatic carbocycles. The highest BCUT2D eigenvalue weighted by Crippen LogP contribution is 2.01. The normalized spacial score (nSPS) is 16.5. The van der Waals surface area contributed by atoms with Crippen molar-refractivity contribution in [2.45, 2.75) is 39.0 Å². The third-order valence-electron chi connectivity index (χ3n) is 0.992. The minimum atomic E-state index is 0.0176. The molecule has 0 N–H and O–H groups in total. The van der Waals surface area contributed by atoms with Crippen LogP contribution in [-0.2, 0) is 0 Å². The maximum atomic E-state index is 7.42. The number of allylic oxidation sites excluding steroid dienone is 1. The highest BCUT2D eigenvalue weighted by atomic mass is 13.9. The fraction of sp³-hybridized carbons (Fsp3) is 0.750. The Bertz CT molecular complexity index is 81.3. The summed E-state index contributed by atoms with van der Waals surface area (Å²) in [4.78, 5) is 0. The van der Waals surface area contributed by atoms with E-state index >= 15 is 0 Å². The zero-order chi connectivity index (χ0) is 7.82. The standard InChI is InChI=1S/C8H16/c1-3-5-7-8-6-4-2/h3H,1,4-8H2,2H3/i2D,7D. The van der Waals surface area contributed by atoms with Crippen molar-refractivity contribution in [3.8, 4) is 0 Å². The van der Waals surface area contributed by atoms with E-state index in [1.165, 1.54) is 0 Å². The van der Waals surface area contributed by atoms with E-state index in [4.69, 9.17) is 2.74 Å². The molecule has 0 aromatic heterocycles. The van der Waals surface area contributed by atoms with Gasteiger partial charge < -0.3 is 0 Å². The van der Waals surface area contributed by atoms with E-state index in [1.807, 2.05) is 0 Å². The molecular formula is C8H16. The Kier molecular flexibility index (Phi) is 3.88. The van der Waals surface area contributed by atoms with Crippen LogP contribution in [-0.4, -0.2) is 0 Å². The molecule has 0 aliphatic rings. The van der Waals surface area contributed by atoms with E-state index in [0.29, 0.717) is 6.90 Å². The molecule has 0 amide bonds. The second-order valence-corrected chi connectivity index (χ2v) is 1.81. The van der Waals surface area contributed by atoms with Crippen molar-refractivity contribution in [3.63, 3.8) is 0 Å². The highest BCUT2D eigenvalue weighted by molar-refractivity contribution is 4.64. The lowest BCUT2D eigenvalue weighted by Crippen LogP contribution is -1.71. The monoisotopic (exact) mass is 114 g/mol. The average molecular weight is 114 g/mol. The van der Waals surface area contributed by atoms with Gasteiger partial charge in [-0.05, 0) is 12.8 Å². The molecular weight excluding hydrogens is 96.1 g/mol. The van der Waals surface area contributed by atoms with E-state index in [2.05, 4.69) is 6.58 Å². The zero-order valence-corrected chi connectivity index (χ0v) is 5.40. The maximum Gasteiger partial charge on any atom is 0.0270 e. The van der Waals surface area contributed by atoms with Gasteiger partial charge in [0.25, 0.3) is 0 Å². The first-order chi connectivity index (χ1) is 4.81. The van der Waals surface area contributed by atoms with Gasteiger partial charge in [0, 0.05) is 2.74 Å². The molecule has 0 radical (unpaired) electrons. The largest absolute Gasteiger partial charge is 0.103 e. The van der Waals surface area contributed by atoms with Crippen molar-refractivity contribution < 1.29 is 2.74 Å². The lowest BCUT2D eigenvalue weighted by Gasteiger charge is -1.91. The Labute approximate surface area is 55.4 Å². The summed E-state index contributed by atoms with van der Waals surface area (Å²) < 4.78 is 14.3. The molecule has 8 heavy (non-hydrogen) atoms. The molecule has 0 bridgehead atoms. The summed E-state index contributed by atoms with van der Waals surface area (Å²) in [6, 6.07) is 0. The second-order valence-electron chi connectivity index (χ2n) is 1.81. The molecule has 1 unspecified atom stereocenters. The molecule has 0 aliphatic carbocycles. The van der Waals surface area contributed by atoms with Gasteiger partial charge in [0.2, 0.25) is 0 Å². The van der Waals surface area contributed by atoms with E-state index in [-0.39, 0.29) is 6.40 Å². The van der Waals surface area contributed by atoms with Gasteiger partial charge in [-0.15, -0.1) is 6.58 Å². The van der Waals surface area contributed by atoms with Crippen molar-refractivity contribution in [1.29, 1.82) is 0 Å². The molecule has 0 aliphatic heterocycles. The summed E-state index contributed by atoms with van der Waals surface area (Å²) in [5.41, 5.74) is 0. The van der Waals surface area contributed by atoms with E-state index in [9.17, 15) is 0 Å². The number of unbranched alkanes of at least 4 members (excludes halogenated alkanes) is 1. The van der Waals surface area contributed by atoms with Gasteiger partial charge in [0.15, 0.2) is 0 Å².